The third-order valence-electron chi connectivity index (χ3n) is 4.97. The van der Waals surface area contributed by atoms with Crippen molar-refractivity contribution < 1.29 is 9.53 Å². The van der Waals surface area contributed by atoms with Gasteiger partial charge in [0.05, 0.1) is 0 Å². The largest absolute Gasteiger partial charge is 0.490 e. The van der Waals surface area contributed by atoms with Crippen LogP contribution < -0.4 is 10.1 Å². The SMILES string of the molecule is C=CCOc1ccc(C(=O)Nc2cccc(-c3nnc4n3CCCCC4)c2)cc1. The molecule has 1 aliphatic rings. The number of ether oxygens (including phenoxy) is 1. The number of amides is 1. The van der Waals surface area contributed by atoms with Crippen molar-refractivity contribution in [3.8, 4) is 17.1 Å². The smallest absolute Gasteiger partial charge is 0.255 e. The molecule has 1 amide bonds. The number of nitrogens with one attached hydrogen (secondary N) is 1. The van der Waals surface area contributed by atoms with Crippen LogP contribution in [0, 0.1) is 0 Å². The summed E-state index contributed by atoms with van der Waals surface area (Å²) in [6, 6.07) is 14.8. The minimum absolute atomic E-state index is 0.169. The Balaban J connectivity index is 1.50. The summed E-state index contributed by atoms with van der Waals surface area (Å²) in [6.45, 7) is 5.00. The van der Waals surface area contributed by atoms with Crippen molar-refractivity contribution in [2.75, 3.05) is 11.9 Å². The van der Waals surface area contributed by atoms with E-state index < -0.39 is 0 Å². The number of aryl methyl sites for hydroxylation is 1. The van der Waals surface area contributed by atoms with E-state index in [0.717, 1.165) is 48.7 Å². The Morgan fingerprint density at radius 2 is 2.00 bits per heavy atom. The van der Waals surface area contributed by atoms with E-state index in [1.165, 1.54) is 6.42 Å². The summed E-state index contributed by atoms with van der Waals surface area (Å²) in [7, 11) is 0. The average molecular weight is 388 g/mol. The minimum atomic E-state index is -0.169. The van der Waals surface area contributed by atoms with Gasteiger partial charge in [-0.15, -0.1) is 10.2 Å². The minimum Gasteiger partial charge on any atom is -0.490 e. The molecule has 6 heteroatoms. The van der Waals surface area contributed by atoms with Gasteiger partial charge in [-0.25, -0.2) is 0 Å². The lowest BCUT2D eigenvalue weighted by molar-refractivity contribution is 0.102. The summed E-state index contributed by atoms with van der Waals surface area (Å²) in [4.78, 5) is 12.6. The molecule has 0 spiro atoms. The molecule has 4 rings (SSSR count). The predicted molar refractivity (Wildman–Crippen MR) is 113 cm³/mol. The molecule has 148 valence electrons. The third-order valence-corrected chi connectivity index (χ3v) is 4.97. The third kappa shape index (κ3) is 4.37. The zero-order chi connectivity index (χ0) is 20.1. The van der Waals surface area contributed by atoms with E-state index in [2.05, 4.69) is 26.7 Å². The zero-order valence-electron chi connectivity index (χ0n) is 16.3. The quantitative estimate of drug-likeness (QED) is 0.632. The lowest BCUT2D eigenvalue weighted by Crippen LogP contribution is -2.12. The molecule has 0 bridgehead atoms. The highest BCUT2D eigenvalue weighted by Gasteiger charge is 2.16. The van der Waals surface area contributed by atoms with Gasteiger partial charge in [0.1, 0.15) is 18.2 Å². The van der Waals surface area contributed by atoms with Gasteiger partial charge in [-0.3, -0.25) is 4.79 Å². The van der Waals surface area contributed by atoms with Crippen LogP contribution in [0.3, 0.4) is 0 Å². The first kappa shape index (κ1) is 18.9. The zero-order valence-corrected chi connectivity index (χ0v) is 16.3. The number of carbonyl (C=O) groups excluding carboxylic acids is 1. The first-order valence-corrected chi connectivity index (χ1v) is 9.92. The maximum Gasteiger partial charge on any atom is 0.255 e. The molecule has 0 atom stereocenters. The molecule has 1 aromatic heterocycles. The van der Waals surface area contributed by atoms with Crippen LogP contribution in [0.4, 0.5) is 5.69 Å². The van der Waals surface area contributed by atoms with E-state index in [4.69, 9.17) is 4.74 Å². The monoisotopic (exact) mass is 388 g/mol. The van der Waals surface area contributed by atoms with Crippen LogP contribution >= 0.6 is 0 Å². The van der Waals surface area contributed by atoms with Crippen LogP contribution in [0.2, 0.25) is 0 Å². The van der Waals surface area contributed by atoms with E-state index in [0.29, 0.717) is 17.9 Å². The fraction of sp³-hybridized carbons (Fsp3) is 0.261. The molecule has 0 aliphatic carbocycles. The molecule has 0 radical (unpaired) electrons. The Bertz CT molecular complexity index is 1010. The van der Waals surface area contributed by atoms with Gasteiger partial charge in [0.15, 0.2) is 5.82 Å². The highest BCUT2D eigenvalue weighted by Crippen LogP contribution is 2.25. The lowest BCUT2D eigenvalue weighted by atomic mass is 10.1. The van der Waals surface area contributed by atoms with Crippen molar-refractivity contribution >= 4 is 11.6 Å². The van der Waals surface area contributed by atoms with Crippen molar-refractivity contribution in [2.24, 2.45) is 0 Å². The predicted octanol–water partition coefficient (Wildman–Crippen LogP) is 4.49. The number of anilines is 1. The highest BCUT2D eigenvalue weighted by molar-refractivity contribution is 6.04. The molecular formula is C23H24N4O2. The molecule has 0 fully saturated rings. The van der Waals surface area contributed by atoms with Crippen LogP contribution in [0.15, 0.2) is 61.2 Å². The van der Waals surface area contributed by atoms with Crippen LogP contribution in [0.1, 0.15) is 35.4 Å². The van der Waals surface area contributed by atoms with Gasteiger partial charge in [-0.2, -0.15) is 0 Å². The number of hydrogen-bond donors (Lipinski definition) is 1. The summed E-state index contributed by atoms with van der Waals surface area (Å²) >= 11 is 0. The van der Waals surface area contributed by atoms with Crippen LogP contribution in [0.25, 0.3) is 11.4 Å². The lowest BCUT2D eigenvalue weighted by Gasteiger charge is -2.10. The molecule has 1 aliphatic heterocycles. The standard InChI is InChI=1S/C23H24N4O2/c1-2-15-29-20-12-10-17(11-13-20)23(28)24-19-8-6-7-18(16-19)22-26-25-21-9-4-3-5-14-27(21)22/h2,6-8,10-13,16H,1,3-5,9,14-15H2,(H,24,28). The first-order valence-electron chi connectivity index (χ1n) is 9.92. The molecule has 2 heterocycles. The maximum absolute atomic E-state index is 12.6. The van der Waals surface area contributed by atoms with Gasteiger partial charge in [-0.05, 0) is 49.2 Å². The Morgan fingerprint density at radius 3 is 2.83 bits per heavy atom. The summed E-state index contributed by atoms with van der Waals surface area (Å²) in [5.74, 6) is 2.45. The van der Waals surface area contributed by atoms with Crippen molar-refractivity contribution in [3.05, 3.63) is 72.6 Å². The van der Waals surface area contributed by atoms with Gasteiger partial charge in [0.25, 0.3) is 5.91 Å². The molecular weight excluding hydrogens is 364 g/mol. The van der Waals surface area contributed by atoms with E-state index in [9.17, 15) is 4.79 Å². The number of fused-ring (bicyclic) bond motifs is 1. The number of carbonyl (C=O) groups is 1. The van der Waals surface area contributed by atoms with Gasteiger partial charge in [-0.1, -0.05) is 31.2 Å². The molecule has 0 unspecified atom stereocenters. The Morgan fingerprint density at radius 1 is 1.14 bits per heavy atom. The van der Waals surface area contributed by atoms with Crippen LogP contribution in [-0.4, -0.2) is 27.3 Å². The molecule has 0 saturated carbocycles. The Hall–Kier alpha value is -3.41. The maximum atomic E-state index is 12.6. The molecule has 1 N–H and O–H groups in total. The molecule has 0 saturated heterocycles. The Kier molecular flexibility index (Phi) is 5.70. The highest BCUT2D eigenvalue weighted by atomic mass is 16.5. The van der Waals surface area contributed by atoms with Crippen LogP contribution in [0.5, 0.6) is 5.75 Å². The molecule has 29 heavy (non-hydrogen) atoms. The summed E-state index contributed by atoms with van der Waals surface area (Å²) in [5.41, 5.74) is 2.25. The fourth-order valence-electron chi connectivity index (χ4n) is 3.50. The number of nitrogens with zero attached hydrogens (tertiary/aromatic N) is 3. The van der Waals surface area contributed by atoms with E-state index >= 15 is 0 Å². The first-order chi connectivity index (χ1) is 14.2. The van der Waals surface area contributed by atoms with Crippen molar-refractivity contribution in [3.63, 3.8) is 0 Å². The van der Waals surface area contributed by atoms with Gasteiger partial charge in [0.2, 0.25) is 0 Å². The van der Waals surface area contributed by atoms with Gasteiger partial charge in [0, 0.05) is 29.8 Å². The van der Waals surface area contributed by atoms with Crippen LogP contribution in [-0.2, 0) is 13.0 Å². The second-order valence-corrected chi connectivity index (χ2v) is 7.06. The summed E-state index contributed by atoms with van der Waals surface area (Å²) < 4.78 is 7.66. The number of aromatic nitrogens is 3. The number of benzene rings is 2. The van der Waals surface area contributed by atoms with Gasteiger partial charge >= 0.3 is 0 Å². The fourth-order valence-corrected chi connectivity index (χ4v) is 3.50. The van der Waals surface area contributed by atoms with Crippen molar-refractivity contribution in [2.45, 2.75) is 32.2 Å². The number of hydrogen-bond acceptors (Lipinski definition) is 4. The molecule has 6 nitrogen and oxygen atoms in total. The van der Waals surface area contributed by atoms with Crippen molar-refractivity contribution in [1.29, 1.82) is 0 Å². The van der Waals surface area contributed by atoms with Crippen molar-refractivity contribution in [1.82, 2.24) is 14.8 Å². The normalized spacial score (nSPS) is 13.2. The number of rotatable bonds is 6. The van der Waals surface area contributed by atoms with Gasteiger partial charge < -0.3 is 14.6 Å². The van der Waals surface area contributed by atoms with E-state index in [1.807, 2.05) is 24.3 Å². The molecule has 3 aromatic rings. The molecule has 2 aromatic carbocycles. The second-order valence-electron chi connectivity index (χ2n) is 7.06. The summed E-state index contributed by atoms with van der Waals surface area (Å²) in [5, 5.41) is 11.7. The average Bonchev–Trinajstić information content (AvgIpc) is 3.01. The Labute approximate surface area is 170 Å². The van der Waals surface area contributed by atoms with E-state index in [1.54, 1.807) is 30.3 Å². The van der Waals surface area contributed by atoms with E-state index in [-0.39, 0.29) is 5.91 Å². The second kappa shape index (κ2) is 8.73. The topological polar surface area (TPSA) is 69.0 Å². The summed E-state index contributed by atoms with van der Waals surface area (Å²) in [6.07, 6.45) is 6.17.